The third-order valence-electron chi connectivity index (χ3n) is 4.79. The van der Waals surface area contributed by atoms with Gasteiger partial charge in [0, 0.05) is 38.4 Å². The summed E-state index contributed by atoms with van der Waals surface area (Å²) in [5, 5.41) is 4.00. The van der Waals surface area contributed by atoms with Crippen LogP contribution in [0.3, 0.4) is 0 Å². The maximum Gasteiger partial charge on any atom is 0.293 e. The molecular formula is C19H20F2N6O. The van der Waals surface area contributed by atoms with Crippen LogP contribution in [0.2, 0.25) is 0 Å². The molecule has 1 amide bonds. The first-order chi connectivity index (χ1) is 13.5. The van der Waals surface area contributed by atoms with Crippen LogP contribution in [0.15, 0.2) is 36.4 Å². The lowest BCUT2D eigenvalue weighted by Crippen LogP contribution is -2.48. The summed E-state index contributed by atoms with van der Waals surface area (Å²) >= 11 is 0. The van der Waals surface area contributed by atoms with Crippen LogP contribution < -0.4 is 0 Å². The molecule has 0 aliphatic carbocycles. The molecule has 0 spiro atoms. The molecule has 2 aromatic heterocycles. The van der Waals surface area contributed by atoms with Crippen LogP contribution in [0.1, 0.15) is 34.0 Å². The van der Waals surface area contributed by atoms with Crippen molar-refractivity contribution in [2.45, 2.75) is 19.9 Å². The standard InChI is InChI=1S/C19H20F2N6O/c1-13-11-15(16(20)21)27-19(22-13)23-17(24-27)18(28)26-9-7-25(8-10-26)12-14-5-3-2-4-6-14/h2-6,11,16H,7-10,12H2,1H3. The van der Waals surface area contributed by atoms with Crippen LogP contribution in [0.5, 0.6) is 0 Å². The average molecular weight is 386 g/mol. The fraction of sp³-hybridized carbons (Fsp3) is 0.368. The molecule has 0 atom stereocenters. The summed E-state index contributed by atoms with van der Waals surface area (Å²) < 4.78 is 27.4. The van der Waals surface area contributed by atoms with E-state index in [-0.39, 0.29) is 23.2 Å². The second-order valence-corrected chi connectivity index (χ2v) is 6.82. The number of benzene rings is 1. The molecule has 1 aliphatic rings. The molecule has 3 heterocycles. The highest BCUT2D eigenvalue weighted by Gasteiger charge is 2.26. The van der Waals surface area contributed by atoms with E-state index in [1.807, 2.05) is 18.2 Å². The van der Waals surface area contributed by atoms with Gasteiger partial charge in [0.15, 0.2) is 0 Å². The summed E-state index contributed by atoms with van der Waals surface area (Å²) in [6, 6.07) is 11.4. The molecule has 28 heavy (non-hydrogen) atoms. The molecule has 1 aromatic carbocycles. The van der Waals surface area contributed by atoms with Gasteiger partial charge < -0.3 is 4.90 Å². The van der Waals surface area contributed by atoms with E-state index in [4.69, 9.17) is 0 Å². The van der Waals surface area contributed by atoms with E-state index in [9.17, 15) is 13.6 Å². The monoisotopic (exact) mass is 386 g/mol. The van der Waals surface area contributed by atoms with Crippen molar-refractivity contribution < 1.29 is 13.6 Å². The van der Waals surface area contributed by atoms with E-state index in [1.165, 1.54) is 11.6 Å². The lowest BCUT2D eigenvalue weighted by molar-refractivity contribution is 0.0616. The molecule has 7 nitrogen and oxygen atoms in total. The van der Waals surface area contributed by atoms with Gasteiger partial charge in [-0.1, -0.05) is 30.3 Å². The molecule has 3 aromatic rings. The number of piperazine rings is 1. The molecular weight excluding hydrogens is 366 g/mol. The highest BCUT2D eigenvalue weighted by Crippen LogP contribution is 2.20. The van der Waals surface area contributed by atoms with Crippen molar-refractivity contribution >= 4 is 11.7 Å². The minimum Gasteiger partial charge on any atom is -0.333 e. The van der Waals surface area contributed by atoms with E-state index in [1.54, 1.807) is 11.8 Å². The second-order valence-electron chi connectivity index (χ2n) is 6.82. The highest BCUT2D eigenvalue weighted by atomic mass is 19.3. The van der Waals surface area contributed by atoms with Crippen molar-refractivity contribution in [3.63, 3.8) is 0 Å². The van der Waals surface area contributed by atoms with Gasteiger partial charge in [-0.25, -0.2) is 13.8 Å². The molecule has 4 rings (SSSR count). The van der Waals surface area contributed by atoms with Crippen LogP contribution in [0.25, 0.3) is 5.78 Å². The Morgan fingerprint density at radius 3 is 2.50 bits per heavy atom. The van der Waals surface area contributed by atoms with Gasteiger partial charge in [-0.05, 0) is 18.6 Å². The van der Waals surface area contributed by atoms with Crippen molar-refractivity contribution in [1.82, 2.24) is 29.4 Å². The Balaban J connectivity index is 1.46. The minimum atomic E-state index is -2.73. The van der Waals surface area contributed by atoms with E-state index >= 15 is 0 Å². The minimum absolute atomic E-state index is 0.0152. The topological polar surface area (TPSA) is 66.6 Å². The number of amides is 1. The molecule has 0 N–H and O–H groups in total. The fourth-order valence-corrected chi connectivity index (χ4v) is 3.35. The van der Waals surface area contributed by atoms with Crippen molar-refractivity contribution in [1.29, 1.82) is 0 Å². The third kappa shape index (κ3) is 3.70. The number of aromatic nitrogens is 4. The molecule has 1 fully saturated rings. The maximum atomic E-state index is 13.2. The largest absolute Gasteiger partial charge is 0.333 e. The number of nitrogens with zero attached hydrogens (tertiary/aromatic N) is 6. The summed E-state index contributed by atoms with van der Waals surface area (Å²) in [5.41, 5.74) is 1.32. The average Bonchev–Trinajstić information content (AvgIpc) is 3.12. The van der Waals surface area contributed by atoms with Crippen LogP contribution in [-0.2, 0) is 6.54 Å². The quantitative estimate of drug-likeness (QED) is 0.689. The van der Waals surface area contributed by atoms with Crippen LogP contribution in [-0.4, -0.2) is 61.5 Å². The number of rotatable bonds is 4. The first-order valence-corrected chi connectivity index (χ1v) is 9.09. The smallest absolute Gasteiger partial charge is 0.293 e. The van der Waals surface area contributed by atoms with Gasteiger partial charge in [-0.3, -0.25) is 9.69 Å². The first-order valence-electron chi connectivity index (χ1n) is 9.09. The fourth-order valence-electron chi connectivity index (χ4n) is 3.35. The zero-order valence-corrected chi connectivity index (χ0v) is 15.4. The molecule has 0 saturated carbocycles. The van der Waals surface area contributed by atoms with E-state index in [0.717, 1.165) is 24.1 Å². The Labute approximate surface area is 160 Å². The number of fused-ring (bicyclic) bond motifs is 1. The summed E-state index contributed by atoms with van der Waals surface area (Å²) in [6.07, 6.45) is -2.73. The SMILES string of the molecule is Cc1cc(C(F)F)n2nc(C(=O)N3CCN(Cc4ccccc4)CC3)nc2n1. The van der Waals surface area contributed by atoms with E-state index in [0.29, 0.717) is 18.8 Å². The van der Waals surface area contributed by atoms with Crippen LogP contribution in [0, 0.1) is 6.92 Å². The van der Waals surface area contributed by atoms with Gasteiger partial charge in [-0.2, -0.15) is 9.50 Å². The zero-order valence-electron chi connectivity index (χ0n) is 15.4. The van der Waals surface area contributed by atoms with Gasteiger partial charge in [0.2, 0.25) is 5.82 Å². The number of carbonyl (C=O) groups is 1. The highest BCUT2D eigenvalue weighted by molar-refractivity contribution is 5.91. The summed E-state index contributed by atoms with van der Waals surface area (Å²) in [4.78, 5) is 24.9. The molecule has 9 heteroatoms. The lowest BCUT2D eigenvalue weighted by Gasteiger charge is -2.34. The molecule has 0 unspecified atom stereocenters. The Morgan fingerprint density at radius 1 is 1.11 bits per heavy atom. The summed E-state index contributed by atoms with van der Waals surface area (Å²) in [5.74, 6) is -0.444. The number of halogens is 2. The second kappa shape index (κ2) is 7.59. The third-order valence-corrected chi connectivity index (χ3v) is 4.79. The molecule has 0 radical (unpaired) electrons. The molecule has 1 saturated heterocycles. The van der Waals surface area contributed by atoms with E-state index < -0.39 is 6.43 Å². The first kappa shape index (κ1) is 18.4. The van der Waals surface area contributed by atoms with Gasteiger partial charge in [-0.15, -0.1) is 5.10 Å². The van der Waals surface area contributed by atoms with Crippen molar-refractivity contribution in [3.8, 4) is 0 Å². The Kier molecular flexibility index (Phi) is 4.99. The van der Waals surface area contributed by atoms with Crippen molar-refractivity contribution in [2.24, 2.45) is 0 Å². The van der Waals surface area contributed by atoms with Gasteiger partial charge in [0.1, 0.15) is 5.69 Å². The summed E-state index contributed by atoms with van der Waals surface area (Å²) in [7, 11) is 0. The number of carbonyl (C=O) groups excluding carboxylic acids is 1. The number of hydrogen-bond acceptors (Lipinski definition) is 5. The Hall–Kier alpha value is -2.94. The number of aryl methyl sites for hydroxylation is 1. The Bertz CT molecular complexity index is 983. The van der Waals surface area contributed by atoms with E-state index in [2.05, 4.69) is 32.1 Å². The maximum absolute atomic E-state index is 13.2. The predicted molar refractivity (Wildman–Crippen MR) is 98.1 cm³/mol. The van der Waals surface area contributed by atoms with Gasteiger partial charge in [0.25, 0.3) is 18.1 Å². The van der Waals surface area contributed by atoms with Crippen molar-refractivity contribution in [3.05, 3.63) is 59.2 Å². The van der Waals surface area contributed by atoms with Gasteiger partial charge >= 0.3 is 0 Å². The van der Waals surface area contributed by atoms with Crippen LogP contribution in [0.4, 0.5) is 8.78 Å². The lowest BCUT2D eigenvalue weighted by atomic mass is 10.2. The normalized spacial score (nSPS) is 15.5. The number of hydrogen-bond donors (Lipinski definition) is 0. The predicted octanol–water partition coefficient (Wildman–Crippen LogP) is 2.33. The molecule has 146 valence electrons. The Morgan fingerprint density at radius 2 is 1.82 bits per heavy atom. The van der Waals surface area contributed by atoms with Crippen LogP contribution >= 0.6 is 0 Å². The number of alkyl halides is 2. The molecule has 1 aliphatic heterocycles. The zero-order chi connectivity index (χ0) is 19.7. The summed E-state index contributed by atoms with van der Waals surface area (Å²) in [6.45, 7) is 4.97. The van der Waals surface area contributed by atoms with Crippen molar-refractivity contribution in [2.75, 3.05) is 26.2 Å². The molecule has 0 bridgehead atoms. The van der Waals surface area contributed by atoms with Gasteiger partial charge in [0.05, 0.1) is 0 Å².